The molecule has 3 nitrogen and oxygen atoms in total. The van der Waals surface area contributed by atoms with Crippen LogP contribution >= 0.6 is 0 Å². The summed E-state index contributed by atoms with van der Waals surface area (Å²) in [5, 5.41) is 12.2. The van der Waals surface area contributed by atoms with Gasteiger partial charge in [0, 0.05) is 18.7 Å². The summed E-state index contributed by atoms with van der Waals surface area (Å²) >= 11 is 0. The van der Waals surface area contributed by atoms with Gasteiger partial charge in [-0.2, -0.15) is 0 Å². The Morgan fingerprint density at radius 3 is 2.32 bits per heavy atom. The molecule has 0 saturated heterocycles. The van der Waals surface area contributed by atoms with E-state index >= 15 is 0 Å². The van der Waals surface area contributed by atoms with Crippen molar-refractivity contribution < 1.29 is 9.90 Å². The van der Waals surface area contributed by atoms with Crippen LogP contribution in [0.3, 0.4) is 0 Å². The first-order valence-corrected chi connectivity index (χ1v) is 13.2. The SMILES string of the molecule is CCCCCC[Si](C)(CC)CCCNc1ccc(CCC(=O)O)cc1. The van der Waals surface area contributed by atoms with E-state index in [-0.39, 0.29) is 6.42 Å². The number of aryl methyl sites for hydroxylation is 1. The van der Waals surface area contributed by atoms with Crippen LogP contribution in [0.15, 0.2) is 24.3 Å². The number of carboxylic acid groups (broad SMARTS) is 1. The molecule has 25 heavy (non-hydrogen) atoms. The normalized spacial score (nSPS) is 13.4. The number of rotatable bonds is 14. The van der Waals surface area contributed by atoms with Crippen molar-refractivity contribution in [2.75, 3.05) is 11.9 Å². The standard InChI is InChI=1S/C21H37NO2Si/c1-4-6-7-8-17-25(3,5-2)18-9-16-22-20-13-10-19(11-14-20)12-15-21(23)24/h10-11,13-14,22H,4-9,12,15-18H2,1-3H3,(H,23,24). The molecular weight excluding hydrogens is 326 g/mol. The highest BCUT2D eigenvalue weighted by Crippen LogP contribution is 2.25. The molecule has 0 aromatic heterocycles. The Kier molecular flexibility index (Phi) is 10.5. The van der Waals surface area contributed by atoms with Crippen molar-refractivity contribution in [2.24, 2.45) is 0 Å². The third kappa shape index (κ3) is 9.68. The molecule has 1 rings (SSSR count). The van der Waals surface area contributed by atoms with E-state index in [0.29, 0.717) is 6.42 Å². The molecule has 1 aromatic rings. The molecule has 0 aliphatic rings. The molecule has 0 heterocycles. The van der Waals surface area contributed by atoms with Crippen LogP contribution in [0.5, 0.6) is 0 Å². The second-order valence-electron chi connectivity index (χ2n) is 7.60. The van der Waals surface area contributed by atoms with Gasteiger partial charge in [0.05, 0.1) is 8.07 Å². The van der Waals surface area contributed by atoms with Gasteiger partial charge in [-0.3, -0.25) is 4.79 Å². The number of aliphatic carboxylic acids is 1. The quantitative estimate of drug-likeness (QED) is 0.306. The first-order valence-electron chi connectivity index (χ1n) is 10.0. The summed E-state index contributed by atoms with van der Waals surface area (Å²) in [4.78, 5) is 10.6. The molecule has 1 unspecified atom stereocenters. The number of hydrogen-bond acceptors (Lipinski definition) is 2. The zero-order valence-electron chi connectivity index (χ0n) is 16.4. The smallest absolute Gasteiger partial charge is 0.303 e. The molecule has 2 N–H and O–H groups in total. The first-order chi connectivity index (χ1) is 12.0. The number of anilines is 1. The Balaban J connectivity index is 2.27. The molecule has 1 aromatic carbocycles. The van der Waals surface area contributed by atoms with Crippen LogP contribution in [-0.4, -0.2) is 25.7 Å². The van der Waals surface area contributed by atoms with E-state index in [2.05, 4.69) is 37.8 Å². The fourth-order valence-electron chi connectivity index (χ4n) is 3.25. The predicted octanol–water partition coefficient (Wildman–Crippen LogP) is 6.18. The topological polar surface area (TPSA) is 49.3 Å². The Labute approximate surface area is 155 Å². The number of benzene rings is 1. The highest BCUT2D eigenvalue weighted by atomic mass is 28.3. The molecule has 1 atom stereocenters. The maximum absolute atomic E-state index is 10.6. The van der Waals surface area contributed by atoms with Crippen LogP contribution in [0.2, 0.25) is 24.7 Å². The van der Waals surface area contributed by atoms with Gasteiger partial charge in [-0.05, 0) is 30.5 Å². The fraction of sp³-hybridized carbons (Fsp3) is 0.667. The number of hydrogen-bond donors (Lipinski definition) is 2. The van der Waals surface area contributed by atoms with Crippen molar-refractivity contribution >= 4 is 19.7 Å². The summed E-state index contributed by atoms with van der Waals surface area (Å²) in [6, 6.07) is 12.5. The molecule has 142 valence electrons. The molecule has 0 fully saturated rings. The lowest BCUT2D eigenvalue weighted by Crippen LogP contribution is -2.29. The average molecular weight is 364 g/mol. The second-order valence-corrected chi connectivity index (χ2v) is 12.9. The van der Waals surface area contributed by atoms with Crippen molar-refractivity contribution in [3.8, 4) is 0 Å². The third-order valence-electron chi connectivity index (χ3n) is 5.36. The van der Waals surface area contributed by atoms with Gasteiger partial charge in [0.25, 0.3) is 0 Å². The summed E-state index contributed by atoms with van der Waals surface area (Å²) in [7, 11) is -1.04. The largest absolute Gasteiger partial charge is 0.481 e. The molecular formula is C21H37NO2Si. The van der Waals surface area contributed by atoms with Crippen LogP contribution in [0, 0.1) is 0 Å². The van der Waals surface area contributed by atoms with Crippen molar-refractivity contribution in [1.82, 2.24) is 0 Å². The number of carbonyl (C=O) groups is 1. The average Bonchev–Trinajstić information content (AvgIpc) is 2.61. The summed E-state index contributed by atoms with van der Waals surface area (Å²) in [6.45, 7) is 8.28. The first kappa shape index (κ1) is 21.7. The van der Waals surface area contributed by atoms with Gasteiger partial charge in [0.2, 0.25) is 0 Å². The van der Waals surface area contributed by atoms with Gasteiger partial charge in [0.15, 0.2) is 0 Å². The number of nitrogens with one attached hydrogen (secondary N) is 1. The fourth-order valence-corrected chi connectivity index (χ4v) is 6.34. The van der Waals surface area contributed by atoms with Gasteiger partial charge in [0.1, 0.15) is 0 Å². The molecule has 0 spiro atoms. The van der Waals surface area contributed by atoms with E-state index in [1.807, 2.05) is 12.1 Å². The summed E-state index contributed by atoms with van der Waals surface area (Å²) in [6.07, 6.45) is 7.60. The lowest BCUT2D eigenvalue weighted by molar-refractivity contribution is -0.136. The third-order valence-corrected chi connectivity index (χ3v) is 10.2. The van der Waals surface area contributed by atoms with Gasteiger partial charge in [-0.1, -0.05) is 76.3 Å². The van der Waals surface area contributed by atoms with Crippen LogP contribution < -0.4 is 5.32 Å². The lowest BCUT2D eigenvalue weighted by Gasteiger charge is -2.26. The minimum absolute atomic E-state index is 0.200. The highest BCUT2D eigenvalue weighted by molar-refractivity contribution is 6.78. The van der Waals surface area contributed by atoms with Gasteiger partial charge in [-0.25, -0.2) is 0 Å². The zero-order chi connectivity index (χ0) is 18.5. The molecule has 0 amide bonds. The minimum Gasteiger partial charge on any atom is -0.481 e. The summed E-state index contributed by atoms with van der Waals surface area (Å²) < 4.78 is 0. The Hall–Kier alpha value is -1.29. The van der Waals surface area contributed by atoms with E-state index < -0.39 is 14.0 Å². The van der Waals surface area contributed by atoms with Crippen molar-refractivity contribution in [3.05, 3.63) is 29.8 Å². The molecule has 0 radical (unpaired) electrons. The van der Waals surface area contributed by atoms with Gasteiger partial charge < -0.3 is 10.4 Å². The van der Waals surface area contributed by atoms with Crippen LogP contribution in [0.4, 0.5) is 5.69 Å². The zero-order valence-corrected chi connectivity index (χ0v) is 17.4. The molecule has 0 aliphatic heterocycles. The van der Waals surface area contributed by atoms with Gasteiger partial charge >= 0.3 is 5.97 Å². The molecule has 0 saturated carbocycles. The monoisotopic (exact) mass is 363 g/mol. The van der Waals surface area contributed by atoms with Gasteiger partial charge in [-0.15, -0.1) is 0 Å². The minimum atomic E-state index is -1.04. The van der Waals surface area contributed by atoms with Crippen molar-refractivity contribution in [2.45, 2.75) is 83.5 Å². The van der Waals surface area contributed by atoms with Crippen molar-refractivity contribution in [3.63, 3.8) is 0 Å². The maximum Gasteiger partial charge on any atom is 0.303 e. The van der Waals surface area contributed by atoms with Crippen LogP contribution in [-0.2, 0) is 11.2 Å². The van der Waals surface area contributed by atoms with E-state index in [1.54, 1.807) is 0 Å². The highest BCUT2D eigenvalue weighted by Gasteiger charge is 2.23. The van der Waals surface area contributed by atoms with E-state index in [4.69, 9.17) is 5.11 Å². The lowest BCUT2D eigenvalue weighted by atomic mass is 10.1. The van der Waals surface area contributed by atoms with Crippen molar-refractivity contribution in [1.29, 1.82) is 0 Å². The Morgan fingerprint density at radius 1 is 1.04 bits per heavy atom. The molecule has 0 bridgehead atoms. The summed E-state index contributed by atoms with van der Waals surface area (Å²) in [5.74, 6) is -0.736. The molecule has 4 heteroatoms. The number of carboxylic acids is 1. The Morgan fingerprint density at radius 2 is 1.72 bits per heavy atom. The van der Waals surface area contributed by atoms with E-state index in [9.17, 15) is 4.79 Å². The van der Waals surface area contributed by atoms with E-state index in [1.165, 1.54) is 50.2 Å². The maximum atomic E-state index is 10.6. The van der Waals surface area contributed by atoms with E-state index in [0.717, 1.165) is 17.8 Å². The van der Waals surface area contributed by atoms with Crippen LogP contribution in [0.25, 0.3) is 0 Å². The Bertz CT molecular complexity index is 489. The van der Waals surface area contributed by atoms with Crippen LogP contribution in [0.1, 0.15) is 57.9 Å². The predicted molar refractivity (Wildman–Crippen MR) is 111 cm³/mol. The second kappa shape index (κ2) is 12.1. The summed E-state index contributed by atoms with van der Waals surface area (Å²) in [5.41, 5.74) is 2.23. The molecule has 0 aliphatic carbocycles. The number of unbranched alkanes of at least 4 members (excludes halogenated alkanes) is 3.